The Kier molecular flexibility index (Phi) is 6.04. The van der Waals surface area contributed by atoms with Crippen molar-refractivity contribution in [2.24, 2.45) is 5.73 Å². The number of hydrogen-bond acceptors (Lipinski definition) is 3. The van der Waals surface area contributed by atoms with Gasteiger partial charge >= 0.3 is 0 Å². The number of sulfonamides is 1. The molecule has 3 rings (SSSR count). The van der Waals surface area contributed by atoms with E-state index in [-0.39, 0.29) is 42.4 Å². The molecule has 1 heterocycles. The maximum absolute atomic E-state index is 14.0. The zero-order valence-electron chi connectivity index (χ0n) is 12.6. The number of benzene rings is 2. The van der Waals surface area contributed by atoms with E-state index in [1.54, 1.807) is 0 Å². The third kappa shape index (κ3) is 3.65. The molecule has 4 nitrogen and oxygen atoms in total. The Balaban J connectivity index is 0.00000208. The normalized spacial score (nSPS) is 21.5. The summed E-state index contributed by atoms with van der Waals surface area (Å²) in [7, 11) is -3.90. The molecule has 0 saturated carbocycles. The number of halogens is 3. The van der Waals surface area contributed by atoms with Gasteiger partial charge in [-0.05, 0) is 23.8 Å². The van der Waals surface area contributed by atoms with Crippen molar-refractivity contribution in [2.45, 2.75) is 16.9 Å². The van der Waals surface area contributed by atoms with Crippen LogP contribution in [-0.2, 0) is 10.0 Å². The second-order valence-corrected chi connectivity index (χ2v) is 8.40. The highest BCUT2D eigenvalue weighted by Gasteiger charge is 2.39. The van der Waals surface area contributed by atoms with Crippen molar-refractivity contribution < 1.29 is 12.8 Å². The molecule has 1 saturated heterocycles. The molecule has 1 fully saturated rings. The van der Waals surface area contributed by atoms with E-state index < -0.39 is 15.8 Å². The van der Waals surface area contributed by atoms with Crippen molar-refractivity contribution in [1.82, 2.24) is 4.31 Å². The third-order valence-corrected chi connectivity index (χ3v) is 6.43. The number of hydrogen-bond donors (Lipinski definition) is 1. The first-order chi connectivity index (χ1) is 10.9. The van der Waals surface area contributed by atoms with Crippen molar-refractivity contribution in [2.75, 3.05) is 13.1 Å². The molecule has 2 atom stereocenters. The molecule has 24 heavy (non-hydrogen) atoms. The maximum atomic E-state index is 14.0. The molecule has 2 N–H and O–H groups in total. The summed E-state index contributed by atoms with van der Waals surface area (Å²) in [6, 6.07) is 13.2. The van der Waals surface area contributed by atoms with E-state index in [2.05, 4.69) is 15.9 Å². The Morgan fingerprint density at radius 2 is 1.79 bits per heavy atom. The first kappa shape index (κ1) is 19.3. The van der Waals surface area contributed by atoms with Crippen LogP contribution in [-0.4, -0.2) is 31.9 Å². The Hall–Kier alpha value is -0.990. The zero-order valence-corrected chi connectivity index (χ0v) is 15.8. The van der Waals surface area contributed by atoms with Crippen molar-refractivity contribution in [1.29, 1.82) is 0 Å². The number of rotatable bonds is 3. The molecular weight excluding hydrogens is 419 g/mol. The van der Waals surface area contributed by atoms with E-state index in [4.69, 9.17) is 5.73 Å². The lowest BCUT2D eigenvalue weighted by atomic mass is 9.95. The highest BCUT2D eigenvalue weighted by molar-refractivity contribution is 9.10. The second kappa shape index (κ2) is 7.49. The van der Waals surface area contributed by atoms with Gasteiger partial charge in [0.15, 0.2) is 0 Å². The van der Waals surface area contributed by atoms with Gasteiger partial charge in [0.05, 0.1) is 0 Å². The van der Waals surface area contributed by atoms with Gasteiger partial charge in [0.2, 0.25) is 10.0 Å². The molecule has 130 valence electrons. The molecule has 0 spiro atoms. The van der Waals surface area contributed by atoms with Crippen LogP contribution in [0.4, 0.5) is 4.39 Å². The van der Waals surface area contributed by atoms with E-state index in [0.29, 0.717) is 4.47 Å². The van der Waals surface area contributed by atoms with Gasteiger partial charge in [0.25, 0.3) is 0 Å². The van der Waals surface area contributed by atoms with Gasteiger partial charge in [-0.3, -0.25) is 0 Å². The fraction of sp³-hybridized carbons (Fsp3) is 0.250. The molecule has 0 aromatic heterocycles. The third-order valence-electron chi connectivity index (χ3n) is 4.07. The van der Waals surface area contributed by atoms with E-state index in [1.807, 2.05) is 30.3 Å². The highest BCUT2D eigenvalue weighted by Crippen LogP contribution is 2.31. The number of nitrogens with two attached hydrogens (primary N) is 1. The van der Waals surface area contributed by atoms with Crippen LogP contribution < -0.4 is 5.73 Å². The van der Waals surface area contributed by atoms with Crippen molar-refractivity contribution in [3.8, 4) is 0 Å². The van der Waals surface area contributed by atoms with E-state index >= 15 is 0 Å². The van der Waals surface area contributed by atoms with Crippen molar-refractivity contribution in [3.05, 3.63) is 64.4 Å². The molecule has 0 aliphatic carbocycles. The Bertz CT molecular complexity index is 820. The van der Waals surface area contributed by atoms with E-state index in [0.717, 1.165) is 11.6 Å². The second-order valence-electron chi connectivity index (χ2n) is 5.58. The largest absolute Gasteiger partial charge is 0.326 e. The van der Waals surface area contributed by atoms with Crippen LogP contribution in [0, 0.1) is 5.82 Å². The van der Waals surface area contributed by atoms with Crippen LogP contribution in [0.15, 0.2) is 57.9 Å². The molecular formula is C16H17BrClFN2O2S. The molecule has 2 aromatic rings. The SMILES string of the molecule is Cl.N[C@@H]1CN(S(=O)(=O)c2ccc(Br)cc2F)C[C@H]1c1ccccc1. The quantitative estimate of drug-likeness (QED) is 0.806. The average Bonchev–Trinajstić information content (AvgIpc) is 2.90. The molecule has 0 amide bonds. The van der Waals surface area contributed by atoms with Crippen LogP contribution in [0.25, 0.3) is 0 Å². The van der Waals surface area contributed by atoms with Gasteiger partial charge in [-0.25, -0.2) is 12.8 Å². The van der Waals surface area contributed by atoms with Crippen LogP contribution in [0.2, 0.25) is 0 Å². The Morgan fingerprint density at radius 1 is 1.12 bits per heavy atom. The van der Waals surface area contributed by atoms with Crippen molar-refractivity contribution >= 4 is 38.4 Å². The first-order valence-corrected chi connectivity index (χ1v) is 9.38. The fourth-order valence-corrected chi connectivity index (χ4v) is 4.75. The summed E-state index contributed by atoms with van der Waals surface area (Å²) in [4.78, 5) is -0.318. The molecule has 0 bridgehead atoms. The fourth-order valence-electron chi connectivity index (χ4n) is 2.86. The Labute approximate surface area is 155 Å². The summed E-state index contributed by atoms with van der Waals surface area (Å²) in [5.74, 6) is -0.861. The molecule has 0 unspecified atom stereocenters. The van der Waals surface area contributed by atoms with E-state index in [9.17, 15) is 12.8 Å². The first-order valence-electron chi connectivity index (χ1n) is 7.15. The summed E-state index contributed by atoms with van der Waals surface area (Å²) in [5, 5.41) is 0. The van der Waals surface area contributed by atoms with Crippen LogP contribution in [0.3, 0.4) is 0 Å². The van der Waals surface area contributed by atoms with Gasteiger partial charge in [-0.1, -0.05) is 46.3 Å². The lowest BCUT2D eigenvalue weighted by Gasteiger charge is -2.17. The zero-order chi connectivity index (χ0) is 16.6. The molecule has 1 aliphatic rings. The summed E-state index contributed by atoms with van der Waals surface area (Å²) in [5.41, 5.74) is 7.13. The summed E-state index contributed by atoms with van der Waals surface area (Å²) >= 11 is 3.13. The lowest BCUT2D eigenvalue weighted by Crippen LogP contribution is -2.32. The topological polar surface area (TPSA) is 63.4 Å². The smallest absolute Gasteiger partial charge is 0.246 e. The highest BCUT2D eigenvalue weighted by atomic mass is 79.9. The monoisotopic (exact) mass is 434 g/mol. The van der Waals surface area contributed by atoms with Gasteiger partial charge in [-0.2, -0.15) is 4.31 Å². The number of nitrogens with zero attached hydrogens (tertiary/aromatic N) is 1. The van der Waals surface area contributed by atoms with Gasteiger partial charge in [0, 0.05) is 29.5 Å². The molecule has 0 radical (unpaired) electrons. The van der Waals surface area contributed by atoms with Crippen LogP contribution in [0.5, 0.6) is 0 Å². The lowest BCUT2D eigenvalue weighted by molar-refractivity contribution is 0.463. The summed E-state index contributed by atoms with van der Waals surface area (Å²) in [6.07, 6.45) is 0. The predicted molar refractivity (Wildman–Crippen MR) is 97.3 cm³/mol. The van der Waals surface area contributed by atoms with Crippen LogP contribution >= 0.6 is 28.3 Å². The Morgan fingerprint density at radius 3 is 2.42 bits per heavy atom. The molecule has 2 aromatic carbocycles. The van der Waals surface area contributed by atoms with Crippen molar-refractivity contribution in [3.63, 3.8) is 0 Å². The van der Waals surface area contributed by atoms with E-state index in [1.165, 1.54) is 16.4 Å². The van der Waals surface area contributed by atoms with Crippen LogP contribution in [0.1, 0.15) is 11.5 Å². The minimum Gasteiger partial charge on any atom is -0.326 e. The van der Waals surface area contributed by atoms with Gasteiger partial charge in [-0.15, -0.1) is 12.4 Å². The minimum absolute atomic E-state index is 0. The van der Waals surface area contributed by atoms with Gasteiger partial charge < -0.3 is 5.73 Å². The molecule has 8 heteroatoms. The minimum atomic E-state index is -3.90. The maximum Gasteiger partial charge on any atom is 0.246 e. The summed E-state index contributed by atoms with van der Waals surface area (Å²) < 4.78 is 41.2. The predicted octanol–water partition coefficient (Wildman–Crippen LogP) is 3.13. The average molecular weight is 436 g/mol. The summed E-state index contributed by atoms with van der Waals surface area (Å²) in [6.45, 7) is 0.431. The molecule has 1 aliphatic heterocycles. The van der Waals surface area contributed by atoms with Gasteiger partial charge in [0.1, 0.15) is 10.7 Å². The standard InChI is InChI=1S/C16H16BrFN2O2S.ClH/c17-12-6-7-16(14(18)8-12)23(21,22)20-9-13(15(19)10-20)11-4-2-1-3-5-11;/h1-8,13,15H,9-10,19H2;1H/t13-,15+;/m0./s1.